The summed E-state index contributed by atoms with van der Waals surface area (Å²) < 4.78 is 0. The molecule has 0 fully saturated rings. The summed E-state index contributed by atoms with van der Waals surface area (Å²) in [5, 5.41) is 0. The molecule has 0 saturated heterocycles. The molecule has 0 aliphatic heterocycles. The van der Waals surface area contributed by atoms with Gasteiger partial charge in [-0.3, -0.25) is 0 Å². The van der Waals surface area contributed by atoms with Crippen molar-refractivity contribution in [3.63, 3.8) is 0 Å². The summed E-state index contributed by atoms with van der Waals surface area (Å²) in [5.74, 6) is 0. The summed E-state index contributed by atoms with van der Waals surface area (Å²) >= 11 is 0. The molecule has 1 aromatic rings. The summed E-state index contributed by atoms with van der Waals surface area (Å²) in [4.78, 5) is 0. The number of allylic oxidation sites excluding steroid dienone is 8. The summed E-state index contributed by atoms with van der Waals surface area (Å²) in [6, 6.07) is 10.5. The van der Waals surface area contributed by atoms with Gasteiger partial charge in [-0.05, 0) is 30.6 Å². The fourth-order valence-electron chi connectivity index (χ4n) is 1.69. The molecule has 1 nitrogen and oxygen atoms in total. The minimum Gasteiger partial charge on any atom is -0.398 e. The fourth-order valence-corrected chi connectivity index (χ4v) is 1.69. The van der Waals surface area contributed by atoms with Crippen LogP contribution in [0.2, 0.25) is 0 Å². The first-order valence-corrected chi connectivity index (χ1v) is 7.38. The Hall–Kier alpha value is -2.54. The largest absolute Gasteiger partial charge is 0.398 e. The summed E-state index contributed by atoms with van der Waals surface area (Å²) in [7, 11) is 0. The molecular weight excluding hydrogens is 266 g/mol. The van der Waals surface area contributed by atoms with Crippen LogP contribution in [0.5, 0.6) is 0 Å². The molecule has 0 aliphatic carbocycles. The fraction of sp³-hybridized carbons (Fsp3) is 0.143. The molecule has 0 saturated carbocycles. The van der Waals surface area contributed by atoms with Crippen LogP contribution in [0.1, 0.15) is 19.4 Å². The normalized spacial score (nSPS) is 12.0. The number of hydrogen-bond acceptors (Lipinski definition) is 1. The van der Waals surface area contributed by atoms with Crippen LogP contribution in [0.3, 0.4) is 0 Å². The second kappa shape index (κ2) is 12.2. The molecule has 0 aliphatic rings. The molecule has 1 heteroatoms. The van der Waals surface area contributed by atoms with E-state index in [9.17, 15) is 0 Å². The Bertz CT molecular complexity index is 557. The lowest BCUT2D eigenvalue weighted by Gasteiger charge is -2.04. The number of rotatable bonds is 6. The first-order valence-electron chi connectivity index (χ1n) is 7.38. The molecule has 22 heavy (non-hydrogen) atoms. The SMILES string of the molecule is C=C/C(N)=C(C=C)/C(C=C)=C/C=C\C.CCc1ccccc1. The Labute approximate surface area is 135 Å². The van der Waals surface area contributed by atoms with Gasteiger partial charge in [0.15, 0.2) is 0 Å². The van der Waals surface area contributed by atoms with Gasteiger partial charge in [-0.15, -0.1) is 0 Å². The highest BCUT2D eigenvalue weighted by Crippen LogP contribution is 2.15. The lowest BCUT2D eigenvalue weighted by molar-refractivity contribution is 1.14. The van der Waals surface area contributed by atoms with Gasteiger partial charge in [-0.2, -0.15) is 0 Å². The third-order valence-corrected chi connectivity index (χ3v) is 2.99. The molecule has 1 rings (SSSR count). The predicted octanol–water partition coefficient (Wildman–Crippen LogP) is 5.51. The Morgan fingerprint density at radius 3 is 2.05 bits per heavy atom. The first-order chi connectivity index (χ1) is 10.6. The first kappa shape index (κ1) is 19.5. The zero-order chi connectivity index (χ0) is 16.8. The highest BCUT2D eigenvalue weighted by molar-refractivity contribution is 5.50. The van der Waals surface area contributed by atoms with E-state index in [1.807, 2.05) is 31.2 Å². The smallest absolute Gasteiger partial charge is 0.0387 e. The molecule has 0 unspecified atom stereocenters. The number of nitrogens with two attached hydrogens (primary N) is 1. The zero-order valence-corrected chi connectivity index (χ0v) is 13.8. The lowest BCUT2D eigenvalue weighted by Crippen LogP contribution is -1.99. The Balaban J connectivity index is 0.000000461. The van der Waals surface area contributed by atoms with Crippen LogP contribution in [-0.4, -0.2) is 0 Å². The number of aryl methyl sites for hydroxylation is 1. The minimum atomic E-state index is 0.607. The van der Waals surface area contributed by atoms with E-state index in [0.717, 1.165) is 17.6 Å². The molecule has 0 aromatic heterocycles. The van der Waals surface area contributed by atoms with Crippen molar-refractivity contribution in [1.29, 1.82) is 0 Å². The van der Waals surface area contributed by atoms with Crippen LogP contribution in [0.25, 0.3) is 0 Å². The molecular formula is C21H27N. The highest BCUT2D eigenvalue weighted by Gasteiger charge is 1.99. The second-order valence-electron chi connectivity index (χ2n) is 4.47. The van der Waals surface area contributed by atoms with Gasteiger partial charge in [-0.25, -0.2) is 0 Å². The van der Waals surface area contributed by atoms with Crippen molar-refractivity contribution in [1.82, 2.24) is 0 Å². The van der Waals surface area contributed by atoms with Gasteiger partial charge >= 0.3 is 0 Å². The van der Waals surface area contributed by atoms with Gasteiger partial charge < -0.3 is 5.73 Å². The van der Waals surface area contributed by atoms with E-state index < -0.39 is 0 Å². The Kier molecular flexibility index (Phi) is 10.8. The van der Waals surface area contributed by atoms with Gasteiger partial charge in [0.2, 0.25) is 0 Å². The van der Waals surface area contributed by atoms with Crippen molar-refractivity contribution in [2.75, 3.05) is 0 Å². The van der Waals surface area contributed by atoms with Crippen LogP contribution in [0.15, 0.2) is 103 Å². The van der Waals surface area contributed by atoms with Crippen LogP contribution >= 0.6 is 0 Å². The van der Waals surface area contributed by atoms with Crippen LogP contribution in [0, 0.1) is 0 Å². The third kappa shape index (κ3) is 7.30. The van der Waals surface area contributed by atoms with Crippen molar-refractivity contribution in [3.8, 4) is 0 Å². The molecule has 0 bridgehead atoms. The van der Waals surface area contributed by atoms with Gasteiger partial charge in [0, 0.05) is 11.3 Å². The predicted molar refractivity (Wildman–Crippen MR) is 101 cm³/mol. The number of benzene rings is 1. The maximum absolute atomic E-state index is 5.75. The van der Waals surface area contributed by atoms with Crippen molar-refractivity contribution >= 4 is 0 Å². The Morgan fingerprint density at radius 1 is 1.05 bits per heavy atom. The number of hydrogen-bond donors (Lipinski definition) is 1. The standard InChI is InChI=1S/C13H17N.C8H10/c1-5-9-10-11(6-2)12(7-3)13(14)8-4;1-2-8-6-4-3-5-7-8/h5-10H,2-4,14H2,1H3;3-7H,2H2,1H3/b9-5-,11-10+,13-12-;. The maximum atomic E-state index is 5.75. The van der Waals surface area contributed by atoms with Crippen molar-refractivity contribution < 1.29 is 0 Å². The summed E-state index contributed by atoms with van der Waals surface area (Å²) in [6.45, 7) is 15.2. The van der Waals surface area contributed by atoms with Gasteiger partial charge in [0.05, 0.1) is 0 Å². The molecule has 0 spiro atoms. The molecule has 1 aromatic carbocycles. The van der Waals surface area contributed by atoms with E-state index in [4.69, 9.17) is 5.73 Å². The summed E-state index contributed by atoms with van der Waals surface area (Å²) in [6.07, 6.45) is 12.0. The van der Waals surface area contributed by atoms with Crippen LogP contribution in [-0.2, 0) is 6.42 Å². The quantitative estimate of drug-likeness (QED) is 0.688. The highest BCUT2D eigenvalue weighted by atomic mass is 14.6. The van der Waals surface area contributed by atoms with Crippen LogP contribution in [0.4, 0.5) is 0 Å². The molecule has 0 heterocycles. The monoisotopic (exact) mass is 293 g/mol. The minimum absolute atomic E-state index is 0.607. The topological polar surface area (TPSA) is 26.0 Å². The van der Waals surface area contributed by atoms with E-state index in [2.05, 4.69) is 50.9 Å². The third-order valence-electron chi connectivity index (χ3n) is 2.99. The molecule has 0 amide bonds. The van der Waals surface area contributed by atoms with Gasteiger partial charge in [-0.1, -0.05) is 87.4 Å². The van der Waals surface area contributed by atoms with Gasteiger partial charge in [0.25, 0.3) is 0 Å². The van der Waals surface area contributed by atoms with Crippen molar-refractivity contribution in [3.05, 3.63) is 109 Å². The van der Waals surface area contributed by atoms with Crippen molar-refractivity contribution in [2.45, 2.75) is 20.3 Å². The van der Waals surface area contributed by atoms with E-state index in [0.29, 0.717) is 5.70 Å². The van der Waals surface area contributed by atoms with E-state index in [1.54, 1.807) is 18.2 Å². The van der Waals surface area contributed by atoms with Gasteiger partial charge in [0.1, 0.15) is 0 Å². The second-order valence-corrected chi connectivity index (χ2v) is 4.47. The maximum Gasteiger partial charge on any atom is 0.0387 e. The average molecular weight is 293 g/mol. The zero-order valence-electron chi connectivity index (χ0n) is 13.8. The molecule has 116 valence electrons. The van der Waals surface area contributed by atoms with Crippen LogP contribution < -0.4 is 5.73 Å². The van der Waals surface area contributed by atoms with E-state index in [1.165, 1.54) is 5.56 Å². The summed E-state index contributed by atoms with van der Waals surface area (Å²) in [5.41, 5.74) is 9.57. The van der Waals surface area contributed by atoms with E-state index in [-0.39, 0.29) is 0 Å². The molecule has 2 N–H and O–H groups in total. The average Bonchev–Trinajstić information content (AvgIpc) is 2.59. The van der Waals surface area contributed by atoms with E-state index >= 15 is 0 Å². The lowest BCUT2D eigenvalue weighted by atomic mass is 10.0. The van der Waals surface area contributed by atoms with Crippen molar-refractivity contribution in [2.24, 2.45) is 5.73 Å². The molecule has 0 atom stereocenters. The molecule has 0 radical (unpaired) electrons. The Morgan fingerprint density at radius 2 is 1.68 bits per heavy atom.